The highest BCUT2D eigenvalue weighted by Gasteiger charge is 2.23. The number of allylic oxidation sites excluding steroid dienone is 7. The van der Waals surface area contributed by atoms with Crippen LogP contribution in [0.2, 0.25) is 0 Å². The summed E-state index contributed by atoms with van der Waals surface area (Å²) in [6, 6.07) is 0. The molecule has 12 heteroatoms. The average molecular weight is 687 g/mol. The molecule has 0 aromatic rings. The molecule has 0 aromatic heterocycles. The third kappa shape index (κ3) is 30.7. The molecule has 5 N–H and O–H groups in total. The van der Waals surface area contributed by atoms with Crippen molar-refractivity contribution < 1.29 is 53.3 Å². The Hall–Kier alpha value is -2.37. The fraction of sp³-hybridized carbons (Fsp3) is 0.657. The minimum atomic E-state index is -4.84. The van der Waals surface area contributed by atoms with Crippen LogP contribution < -0.4 is 0 Å². The minimum Gasteiger partial charge on any atom is -0.462 e. The highest BCUT2D eigenvalue weighted by Crippen LogP contribution is 2.35. The van der Waals surface area contributed by atoms with Crippen molar-refractivity contribution in [2.45, 2.75) is 135 Å². The maximum Gasteiger partial charge on any atom is 0.469 e. The predicted octanol–water partition coefficient (Wildman–Crippen LogP) is 6.31. The van der Waals surface area contributed by atoms with Crippen molar-refractivity contribution in [2.75, 3.05) is 13.2 Å². The molecule has 0 heterocycles. The summed E-state index contributed by atoms with van der Waals surface area (Å²) in [6.45, 7) is 3.14. The third-order valence-electron chi connectivity index (χ3n) is 6.89. The largest absolute Gasteiger partial charge is 0.469 e. The molecule has 11 nitrogen and oxygen atoms in total. The first-order valence-electron chi connectivity index (χ1n) is 16.9. The molecule has 4 atom stereocenters. The normalized spacial score (nSPS) is 15.3. The van der Waals surface area contributed by atoms with Crippen LogP contribution >= 0.6 is 7.82 Å². The quantitative estimate of drug-likeness (QED) is 0.0196. The standard InChI is InChI=1S/C35H59O11P/c1-3-5-7-8-9-10-11-16-20-26-34(39)44-28-31(29-45-47(41,42)43)46-35(40)27-21-25-33(38)32(37)24-19-15-13-12-14-18-23-30(36)22-17-6-4-2/h6,12-15,17-19,23-24,30-33,36-38H,3-5,7-11,16,20-22,25-29H2,1-2H3,(H2,41,42,43)/b14-12+,15-13-,17-6-,23-18+,24-19-/t30-,31+,32+,33+/m0/s1. The molecule has 0 spiro atoms. The first-order valence-corrected chi connectivity index (χ1v) is 18.4. The number of phosphoric ester groups is 1. The van der Waals surface area contributed by atoms with E-state index in [0.29, 0.717) is 12.8 Å². The van der Waals surface area contributed by atoms with Crippen molar-refractivity contribution in [1.29, 1.82) is 0 Å². The lowest BCUT2D eigenvalue weighted by Gasteiger charge is -2.19. The Kier molecular flexibility index (Phi) is 28.2. The topological polar surface area (TPSA) is 180 Å². The zero-order valence-corrected chi connectivity index (χ0v) is 29.1. The summed E-state index contributed by atoms with van der Waals surface area (Å²) in [5, 5.41) is 30.1. The zero-order valence-electron chi connectivity index (χ0n) is 28.2. The lowest BCUT2D eigenvalue weighted by Crippen LogP contribution is -2.29. The van der Waals surface area contributed by atoms with Crippen LogP contribution in [-0.4, -0.2) is 74.7 Å². The number of rotatable bonds is 29. The van der Waals surface area contributed by atoms with Crippen molar-refractivity contribution in [2.24, 2.45) is 0 Å². The molecule has 0 bridgehead atoms. The van der Waals surface area contributed by atoms with Gasteiger partial charge in [0.25, 0.3) is 0 Å². The van der Waals surface area contributed by atoms with Gasteiger partial charge < -0.3 is 34.6 Å². The minimum absolute atomic E-state index is 0.0855. The summed E-state index contributed by atoms with van der Waals surface area (Å²) >= 11 is 0. The fourth-order valence-electron chi connectivity index (χ4n) is 4.24. The van der Waals surface area contributed by atoms with Gasteiger partial charge in [0.2, 0.25) is 0 Å². The number of unbranched alkanes of at least 4 members (excludes halogenated alkanes) is 8. The van der Waals surface area contributed by atoms with Gasteiger partial charge in [-0.15, -0.1) is 0 Å². The fourth-order valence-corrected chi connectivity index (χ4v) is 4.60. The summed E-state index contributed by atoms with van der Waals surface area (Å²) in [5.41, 5.74) is 0. The Morgan fingerprint density at radius 3 is 1.89 bits per heavy atom. The smallest absolute Gasteiger partial charge is 0.462 e. The molecule has 0 rings (SSSR count). The van der Waals surface area contributed by atoms with Crippen LogP contribution in [-0.2, 0) is 28.2 Å². The number of hydrogen-bond acceptors (Lipinski definition) is 9. The van der Waals surface area contributed by atoms with Gasteiger partial charge in [0.1, 0.15) is 6.61 Å². The Labute approximate surface area is 281 Å². The monoisotopic (exact) mass is 686 g/mol. The predicted molar refractivity (Wildman–Crippen MR) is 183 cm³/mol. The number of carbonyl (C=O) groups excluding carboxylic acids is 2. The van der Waals surface area contributed by atoms with Crippen LogP contribution in [0.1, 0.15) is 110 Å². The number of esters is 2. The number of aliphatic hydroxyl groups is 3. The lowest BCUT2D eigenvalue weighted by molar-refractivity contribution is -0.161. The molecule has 270 valence electrons. The van der Waals surface area contributed by atoms with Crippen molar-refractivity contribution >= 4 is 19.8 Å². The molecule has 0 aliphatic heterocycles. The molecular formula is C35H59O11P. The Morgan fingerprint density at radius 1 is 0.702 bits per heavy atom. The summed E-state index contributed by atoms with van der Waals surface area (Å²) in [4.78, 5) is 42.5. The first-order chi connectivity index (χ1) is 22.5. The van der Waals surface area contributed by atoms with E-state index in [1.54, 1.807) is 42.5 Å². The second-order valence-corrected chi connectivity index (χ2v) is 12.6. The van der Waals surface area contributed by atoms with Gasteiger partial charge in [-0.3, -0.25) is 14.1 Å². The van der Waals surface area contributed by atoms with Gasteiger partial charge >= 0.3 is 19.8 Å². The second-order valence-electron chi connectivity index (χ2n) is 11.3. The molecule has 0 unspecified atom stereocenters. The molecule has 0 amide bonds. The second kappa shape index (κ2) is 29.7. The molecule has 0 radical (unpaired) electrons. The van der Waals surface area contributed by atoms with Crippen molar-refractivity contribution in [3.05, 3.63) is 60.8 Å². The van der Waals surface area contributed by atoms with Gasteiger partial charge in [-0.25, -0.2) is 4.57 Å². The van der Waals surface area contributed by atoms with E-state index in [0.717, 1.165) is 25.7 Å². The Bertz CT molecular complexity index is 999. The molecule has 0 aliphatic carbocycles. The van der Waals surface area contributed by atoms with E-state index in [2.05, 4.69) is 11.4 Å². The van der Waals surface area contributed by atoms with Gasteiger partial charge in [0.15, 0.2) is 6.10 Å². The highest BCUT2D eigenvalue weighted by molar-refractivity contribution is 7.46. The van der Waals surface area contributed by atoms with Crippen LogP contribution in [0, 0.1) is 0 Å². The van der Waals surface area contributed by atoms with Crippen molar-refractivity contribution in [1.82, 2.24) is 0 Å². The van der Waals surface area contributed by atoms with Gasteiger partial charge in [-0.05, 0) is 32.1 Å². The SMILES string of the molecule is CC/C=C\C[C@H](O)/C=C/C=C/C=C\C=C/[C@@H](O)[C@H](O)CCCC(=O)O[C@H](COC(=O)CCCCCCCCCCC)COP(=O)(O)O. The van der Waals surface area contributed by atoms with Crippen LogP contribution in [0.4, 0.5) is 0 Å². The molecule has 0 aliphatic rings. The van der Waals surface area contributed by atoms with E-state index in [9.17, 15) is 29.5 Å². The number of hydrogen-bond donors (Lipinski definition) is 5. The van der Waals surface area contributed by atoms with E-state index in [1.807, 2.05) is 19.1 Å². The number of ether oxygens (including phenoxy) is 2. The molecule has 0 saturated heterocycles. The summed E-state index contributed by atoms with van der Waals surface area (Å²) in [6.07, 6.45) is 24.8. The average Bonchev–Trinajstić information content (AvgIpc) is 3.02. The molecule has 0 saturated carbocycles. The first kappa shape index (κ1) is 44.6. The van der Waals surface area contributed by atoms with Crippen LogP contribution in [0.15, 0.2) is 60.8 Å². The Morgan fingerprint density at radius 2 is 1.28 bits per heavy atom. The summed E-state index contributed by atoms with van der Waals surface area (Å²) in [7, 11) is -4.84. The van der Waals surface area contributed by atoms with E-state index >= 15 is 0 Å². The molecule has 0 aromatic carbocycles. The van der Waals surface area contributed by atoms with Crippen LogP contribution in [0.3, 0.4) is 0 Å². The molecular weight excluding hydrogens is 627 g/mol. The van der Waals surface area contributed by atoms with E-state index in [4.69, 9.17) is 19.3 Å². The highest BCUT2D eigenvalue weighted by atomic mass is 31.2. The van der Waals surface area contributed by atoms with Gasteiger partial charge in [-0.1, -0.05) is 126 Å². The van der Waals surface area contributed by atoms with Gasteiger partial charge in [0, 0.05) is 12.8 Å². The van der Waals surface area contributed by atoms with Crippen molar-refractivity contribution in [3.8, 4) is 0 Å². The van der Waals surface area contributed by atoms with Crippen LogP contribution in [0.25, 0.3) is 0 Å². The van der Waals surface area contributed by atoms with E-state index in [-0.39, 0.29) is 25.7 Å². The summed E-state index contributed by atoms with van der Waals surface area (Å²) in [5.74, 6) is -1.23. The number of aliphatic hydroxyl groups excluding tert-OH is 3. The maximum atomic E-state index is 12.3. The molecule has 0 fully saturated rings. The third-order valence-corrected chi connectivity index (χ3v) is 7.38. The number of carbonyl (C=O) groups is 2. The van der Waals surface area contributed by atoms with Gasteiger partial charge in [-0.2, -0.15) is 0 Å². The number of phosphoric acid groups is 1. The van der Waals surface area contributed by atoms with E-state index < -0.39 is 57.4 Å². The lowest BCUT2D eigenvalue weighted by atomic mass is 10.1. The molecule has 47 heavy (non-hydrogen) atoms. The maximum absolute atomic E-state index is 12.3. The summed E-state index contributed by atoms with van der Waals surface area (Å²) < 4.78 is 26.0. The van der Waals surface area contributed by atoms with Gasteiger partial charge in [0.05, 0.1) is 24.9 Å². The van der Waals surface area contributed by atoms with Crippen molar-refractivity contribution in [3.63, 3.8) is 0 Å². The van der Waals surface area contributed by atoms with Crippen LogP contribution in [0.5, 0.6) is 0 Å². The Balaban J connectivity index is 4.45. The van der Waals surface area contributed by atoms with E-state index in [1.165, 1.54) is 38.2 Å². The zero-order chi connectivity index (χ0) is 35.2.